The van der Waals surface area contributed by atoms with E-state index in [0.29, 0.717) is 12.1 Å². The second kappa shape index (κ2) is 10.1. The summed E-state index contributed by atoms with van der Waals surface area (Å²) in [6.45, 7) is 1.17. The Kier molecular flexibility index (Phi) is 8.34. The van der Waals surface area contributed by atoms with Crippen LogP contribution < -0.4 is 5.32 Å². The zero-order valence-corrected chi connectivity index (χ0v) is 16.1. The topological polar surface area (TPSA) is 139 Å². The van der Waals surface area contributed by atoms with Gasteiger partial charge < -0.3 is 25.0 Å². The highest BCUT2D eigenvalue weighted by molar-refractivity contribution is 5.96. The van der Waals surface area contributed by atoms with Gasteiger partial charge in [0, 0.05) is 5.92 Å². The van der Waals surface area contributed by atoms with Gasteiger partial charge in [-0.15, -0.1) is 0 Å². The molecule has 0 aliphatic carbocycles. The van der Waals surface area contributed by atoms with Gasteiger partial charge in [-0.25, -0.2) is 4.79 Å². The summed E-state index contributed by atoms with van der Waals surface area (Å²) in [5, 5.41) is 21.4. The van der Waals surface area contributed by atoms with E-state index in [9.17, 15) is 42.6 Å². The lowest BCUT2D eigenvalue weighted by molar-refractivity contribution is -0.163. The molecular formula is C18H20F3NO8. The zero-order valence-electron chi connectivity index (χ0n) is 16.1. The first-order valence-corrected chi connectivity index (χ1v) is 8.39. The van der Waals surface area contributed by atoms with Crippen molar-refractivity contribution in [1.82, 2.24) is 5.32 Å². The van der Waals surface area contributed by atoms with E-state index in [4.69, 9.17) is 0 Å². The number of aliphatic carboxylic acids is 1. The number of carbonyl (C=O) groups excluding carboxylic acids is 3. The standard InChI is InChI=1S/C18H20F3NO8/c1-8(11(16(27)29-2)17(28)30-3)12(15(25)26)22-14(24)13(23)9-4-6-10(7-5-9)18(19,20)21/h4-8,11-13,23H,1-3H3,(H,22,24)(H,25,26)/t8-,12-,13-/m1/s1. The quantitative estimate of drug-likeness (QED) is 0.404. The van der Waals surface area contributed by atoms with Crippen molar-refractivity contribution < 1.29 is 52.0 Å². The van der Waals surface area contributed by atoms with Crippen LogP contribution in [0, 0.1) is 11.8 Å². The van der Waals surface area contributed by atoms with Gasteiger partial charge in [-0.1, -0.05) is 19.1 Å². The zero-order chi connectivity index (χ0) is 23.2. The molecule has 30 heavy (non-hydrogen) atoms. The lowest BCUT2D eigenvalue weighted by atomic mass is 9.87. The van der Waals surface area contributed by atoms with Crippen molar-refractivity contribution in [2.24, 2.45) is 11.8 Å². The minimum atomic E-state index is -4.62. The highest BCUT2D eigenvalue weighted by Crippen LogP contribution is 2.30. The molecule has 0 spiro atoms. The van der Waals surface area contributed by atoms with Gasteiger partial charge in [0.1, 0.15) is 6.04 Å². The van der Waals surface area contributed by atoms with Gasteiger partial charge in [-0.3, -0.25) is 14.4 Å². The normalized spacial score (nSPS) is 14.4. The number of hydrogen-bond acceptors (Lipinski definition) is 7. The smallest absolute Gasteiger partial charge is 0.416 e. The number of ether oxygens (including phenoxy) is 2. The summed E-state index contributed by atoms with van der Waals surface area (Å²) in [6, 6.07) is 1.18. The predicted molar refractivity (Wildman–Crippen MR) is 92.7 cm³/mol. The van der Waals surface area contributed by atoms with E-state index in [1.165, 1.54) is 6.92 Å². The average Bonchev–Trinajstić information content (AvgIpc) is 2.69. The maximum absolute atomic E-state index is 12.6. The molecule has 1 rings (SSSR count). The number of esters is 2. The second-order valence-electron chi connectivity index (χ2n) is 6.23. The molecule has 0 saturated heterocycles. The van der Waals surface area contributed by atoms with Gasteiger partial charge in [-0.2, -0.15) is 13.2 Å². The average molecular weight is 435 g/mol. The summed E-state index contributed by atoms with van der Waals surface area (Å²) in [6.07, 6.45) is -6.62. The van der Waals surface area contributed by atoms with Crippen molar-refractivity contribution in [3.05, 3.63) is 35.4 Å². The summed E-state index contributed by atoms with van der Waals surface area (Å²) < 4.78 is 46.8. The minimum absolute atomic E-state index is 0.227. The Morgan fingerprint density at radius 3 is 1.83 bits per heavy atom. The Bertz CT molecular complexity index is 778. The van der Waals surface area contributed by atoms with E-state index in [0.717, 1.165) is 26.4 Å². The number of rotatable bonds is 8. The second-order valence-corrected chi connectivity index (χ2v) is 6.23. The molecular weight excluding hydrogens is 415 g/mol. The number of carboxylic acid groups (broad SMARTS) is 1. The number of alkyl halides is 3. The van der Waals surface area contributed by atoms with Crippen LogP contribution in [0.4, 0.5) is 13.2 Å². The number of aliphatic hydroxyl groups excluding tert-OH is 1. The summed E-state index contributed by atoms with van der Waals surface area (Å²) in [5.41, 5.74) is -1.23. The van der Waals surface area contributed by atoms with Crippen LogP contribution in [0.3, 0.4) is 0 Å². The van der Waals surface area contributed by atoms with Gasteiger partial charge in [-0.05, 0) is 17.7 Å². The highest BCUT2D eigenvalue weighted by atomic mass is 19.4. The molecule has 1 aromatic carbocycles. The fraction of sp³-hybridized carbons (Fsp3) is 0.444. The predicted octanol–water partition coefficient (Wildman–Crippen LogP) is 0.907. The molecule has 3 N–H and O–H groups in total. The number of methoxy groups -OCH3 is 2. The third kappa shape index (κ3) is 5.92. The summed E-state index contributed by atoms with van der Waals surface area (Å²) >= 11 is 0. The number of aliphatic hydroxyl groups is 1. The number of carboxylic acids is 1. The maximum Gasteiger partial charge on any atom is 0.416 e. The Morgan fingerprint density at radius 2 is 1.47 bits per heavy atom. The molecule has 0 aliphatic rings. The largest absolute Gasteiger partial charge is 0.480 e. The van der Waals surface area contributed by atoms with Crippen LogP contribution >= 0.6 is 0 Å². The first-order valence-electron chi connectivity index (χ1n) is 8.39. The Labute approximate surface area is 168 Å². The molecule has 1 amide bonds. The molecule has 0 aromatic heterocycles. The number of halogens is 3. The van der Waals surface area contributed by atoms with Gasteiger partial charge >= 0.3 is 24.1 Å². The number of nitrogens with one attached hydrogen (secondary N) is 1. The van der Waals surface area contributed by atoms with Crippen molar-refractivity contribution >= 4 is 23.8 Å². The molecule has 0 saturated carbocycles. The fourth-order valence-corrected chi connectivity index (χ4v) is 2.63. The van der Waals surface area contributed by atoms with E-state index in [1.807, 2.05) is 5.32 Å². The molecule has 0 fully saturated rings. The number of amides is 1. The lowest BCUT2D eigenvalue weighted by Crippen LogP contribution is -2.51. The lowest BCUT2D eigenvalue weighted by Gasteiger charge is -2.26. The molecule has 0 heterocycles. The SMILES string of the molecule is COC(=O)C(C(=O)OC)[C@@H](C)[C@@H](NC(=O)[C@H](O)c1ccc(C(F)(F)F)cc1)C(=O)O. The van der Waals surface area contributed by atoms with Crippen molar-refractivity contribution in [3.8, 4) is 0 Å². The van der Waals surface area contributed by atoms with E-state index in [2.05, 4.69) is 9.47 Å². The fourth-order valence-electron chi connectivity index (χ4n) is 2.63. The van der Waals surface area contributed by atoms with Crippen molar-refractivity contribution in [2.45, 2.75) is 25.2 Å². The first kappa shape index (κ1) is 24.9. The maximum atomic E-state index is 12.6. The Balaban J connectivity index is 3.06. The van der Waals surface area contributed by atoms with Gasteiger partial charge in [0.05, 0.1) is 19.8 Å². The monoisotopic (exact) mass is 435 g/mol. The third-order valence-corrected chi connectivity index (χ3v) is 4.33. The summed E-state index contributed by atoms with van der Waals surface area (Å²) in [5.74, 6) is -8.14. The highest BCUT2D eigenvalue weighted by Gasteiger charge is 2.42. The van der Waals surface area contributed by atoms with Gasteiger partial charge in [0.2, 0.25) is 0 Å². The molecule has 9 nitrogen and oxygen atoms in total. The van der Waals surface area contributed by atoms with Crippen LogP contribution in [0.2, 0.25) is 0 Å². The number of hydrogen-bond donors (Lipinski definition) is 3. The minimum Gasteiger partial charge on any atom is -0.480 e. The van der Waals surface area contributed by atoms with Crippen LogP contribution in [0.1, 0.15) is 24.2 Å². The summed E-state index contributed by atoms with van der Waals surface area (Å²) in [4.78, 5) is 47.6. The van der Waals surface area contributed by atoms with E-state index < -0.39 is 59.5 Å². The van der Waals surface area contributed by atoms with E-state index in [1.54, 1.807) is 0 Å². The van der Waals surface area contributed by atoms with Crippen LogP contribution in [0.25, 0.3) is 0 Å². The van der Waals surface area contributed by atoms with Crippen molar-refractivity contribution in [3.63, 3.8) is 0 Å². The molecule has 0 unspecified atom stereocenters. The van der Waals surface area contributed by atoms with E-state index in [-0.39, 0.29) is 5.56 Å². The third-order valence-electron chi connectivity index (χ3n) is 4.33. The van der Waals surface area contributed by atoms with Crippen LogP contribution in [0.5, 0.6) is 0 Å². The van der Waals surface area contributed by atoms with Gasteiger partial charge in [0.15, 0.2) is 12.0 Å². The molecule has 0 bridgehead atoms. The molecule has 12 heteroatoms. The van der Waals surface area contributed by atoms with Gasteiger partial charge in [0.25, 0.3) is 5.91 Å². The number of carbonyl (C=O) groups is 4. The molecule has 3 atom stereocenters. The Hall–Kier alpha value is -3.15. The first-order chi connectivity index (χ1) is 13.8. The molecule has 166 valence electrons. The van der Waals surface area contributed by atoms with Crippen LogP contribution in [-0.2, 0) is 34.8 Å². The van der Waals surface area contributed by atoms with E-state index >= 15 is 0 Å². The molecule has 0 radical (unpaired) electrons. The van der Waals surface area contributed by atoms with Crippen molar-refractivity contribution in [1.29, 1.82) is 0 Å². The number of benzene rings is 1. The van der Waals surface area contributed by atoms with Crippen molar-refractivity contribution in [2.75, 3.05) is 14.2 Å². The van der Waals surface area contributed by atoms with Crippen LogP contribution in [-0.4, -0.2) is 54.3 Å². The summed E-state index contributed by atoms with van der Waals surface area (Å²) in [7, 11) is 1.93. The Morgan fingerprint density at radius 1 is 1.00 bits per heavy atom. The molecule has 0 aliphatic heterocycles. The molecule has 1 aromatic rings. The van der Waals surface area contributed by atoms with Crippen LogP contribution in [0.15, 0.2) is 24.3 Å².